The standard InChI is InChI=1S/C16H24Cl2N2/c1-2-9-20(11-12-6-7-12)10-8-15(19)13-4-3-5-14(17)16(13)18/h3-5,12,15H,2,6-11,19H2,1H3. The highest BCUT2D eigenvalue weighted by molar-refractivity contribution is 6.42. The molecule has 1 aliphatic rings. The predicted molar refractivity (Wildman–Crippen MR) is 87.5 cm³/mol. The predicted octanol–water partition coefficient (Wildman–Crippen LogP) is 4.51. The van der Waals surface area contributed by atoms with Gasteiger partial charge in [0.25, 0.3) is 0 Å². The Morgan fingerprint density at radius 2 is 2.05 bits per heavy atom. The Morgan fingerprint density at radius 1 is 1.30 bits per heavy atom. The van der Waals surface area contributed by atoms with Gasteiger partial charge in [0.15, 0.2) is 0 Å². The van der Waals surface area contributed by atoms with Gasteiger partial charge in [-0.3, -0.25) is 0 Å². The van der Waals surface area contributed by atoms with Crippen LogP contribution in [0.25, 0.3) is 0 Å². The van der Waals surface area contributed by atoms with Crippen molar-refractivity contribution in [3.8, 4) is 0 Å². The lowest BCUT2D eigenvalue weighted by atomic mass is 10.0. The summed E-state index contributed by atoms with van der Waals surface area (Å²) in [5.41, 5.74) is 7.25. The molecule has 0 amide bonds. The van der Waals surface area contributed by atoms with E-state index in [2.05, 4.69) is 11.8 Å². The highest BCUT2D eigenvalue weighted by Crippen LogP contribution is 2.32. The van der Waals surface area contributed by atoms with Crippen molar-refractivity contribution < 1.29 is 0 Å². The van der Waals surface area contributed by atoms with E-state index in [4.69, 9.17) is 28.9 Å². The van der Waals surface area contributed by atoms with Crippen molar-refractivity contribution in [3.63, 3.8) is 0 Å². The zero-order chi connectivity index (χ0) is 14.5. The van der Waals surface area contributed by atoms with Gasteiger partial charge in [0.2, 0.25) is 0 Å². The van der Waals surface area contributed by atoms with Gasteiger partial charge in [-0.05, 0) is 56.3 Å². The van der Waals surface area contributed by atoms with E-state index in [1.807, 2.05) is 12.1 Å². The van der Waals surface area contributed by atoms with Gasteiger partial charge in [0.1, 0.15) is 0 Å². The molecule has 0 radical (unpaired) electrons. The highest BCUT2D eigenvalue weighted by Gasteiger charge is 2.24. The third-order valence-corrected chi connectivity index (χ3v) is 4.72. The van der Waals surface area contributed by atoms with E-state index in [-0.39, 0.29) is 6.04 Å². The summed E-state index contributed by atoms with van der Waals surface area (Å²) in [6.45, 7) is 5.65. The van der Waals surface area contributed by atoms with E-state index in [0.29, 0.717) is 10.0 Å². The first-order valence-electron chi connectivity index (χ1n) is 7.53. The summed E-state index contributed by atoms with van der Waals surface area (Å²) < 4.78 is 0. The number of nitrogens with two attached hydrogens (primary N) is 1. The van der Waals surface area contributed by atoms with Gasteiger partial charge < -0.3 is 10.6 Å². The van der Waals surface area contributed by atoms with E-state index in [0.717, 1.165) is 31.0 Å². The average molecular weight is 315 g/mol. The minimum absolute atomic E-state index is 0.0419. The van der Waals surface area contributed by atoms with Crippen LogP contribution in [0.3, 0.4) is 0 Å². The Balaban J connectivity index is 1.88. The third-order valence-electron chi connectivity index (χ3n) is 3.89. The van der Waals surface area contributed by atoms with Gasteiger partial charge in [0, 0.05) is 12.6 Å². The molecule has 1 saturated carbocycles. The lowest BCUT2D eigenvalue weighted by Crippen LogP contribution is -2.30. The monoisotopic (exact) mass is 314 g/mol. The molecule has 2 rings (SSSR count). The van der Waals surface area contributed by atoms with E-state index in [9.17, 15) is 0 Å². The summed E-state index contributed by atoms with van der Waals surface area (Å²) in [6, 6.07) is 5.65. The Bertz CT molecular complexity index is 432. The van der Waals surface area contributed by atoms with E-state index in [1.165, 1.54) is 25.8 Å². The van der Waals surface area contributed by atoms with Crippen molar-refractivity contribution in [3.05, 3.63) is 33.8 Å². The Hall–Kier alpha value is -0.280. The summed E-state index contributed by atoms with van der Waals surface area (Å²) in [7, 11) is 0. The van der Waals surface area contributed by atoms with Crippen molar-refractivity contribution in [2.75, 3.05) is 19.6 Å². The molecule has 1 aliphatic carbocycles. The number of nitrogens with zero attached hydrogens (tertiary/aromatic N) is 1. The maximum Gasteiger partial charge on any atom is 0.0640 e. The molecule has 4 heteroatoms. The van der Waals surface area contributed by atoms with Gasteiger partial charge in [-0.1, -0.05) is 42.3 Å². The second-order valence-electron chi connectivity index (χ2n) is 5.78. The summed E-state index contributed by atoms with van der Waals surface area (Å²) in [4.78, 5) is 2.54. The van der Waals surface area contributed by atoms with Crippen LogP contribution in [-0.2, 0) is 0 Å². The molecule has 0 bridgehead atoms. The molecule has 0 saturated heterocycles. The van der Waals surface area contributed by atoms with Crippen molar-refractivity contribution in [1.29, 1.82) is 0 Å². The molecule has 0 heterocycles. The fourth-order valence-corrected chi connectivity index (χ4v) is 3.01. The van der Waals surface area contributed by atoms with Crippen molar-refractivity contribution in [2.45, 2.75) is 38.6 Å². The molecule has 0 aliphatic heterocycles. The Labute approximate surface area is 132 Å². The van der Waals surface area contributed by atoms with Crippen molar-refractivity contribution >= 4 is 23.2 Å². The molecule has 1 unspecified atom stereocenters. The zero-order valence-electron chi connectivity index (χ0n) is 12.1. The van der Waals surface area contributed by atoms with Crippen LogP contribution >= 0.6 is 23.2 Å². The van der Waals surface area contributed by atoms with Gasteiger partial charge >= 0.3 is 0 Å². The number of hydrogen-bond donors (Lipinski definition) is 1. The van der Waals surface area contributed by atoms with Crippen LogP contribution in [0.2, 0.25) is 10.0 Å². The minimum Gasteiger partial charge on any atom is -0.324 e. The van der Waals surface area contributed by atoms with Crippen molar-refractivity contribution in [2.24, 2.45) is 11.7 Å². The molecule has 112 valence electrons. The Morgan fingerprint density at radius 3 is 2.70 bits per heavy atom. The summed E-state index contributed by atoms with van der Waals surface area (Å²) in [5, 5.41) is 1.19. The molecule has 1 aromatic carbocycles. The summed E-state index contributed by atoms with van der Waals surface area (Å²) in [6.07, 6.45) is 4.91. The SMILES string of the molecule is CCCN(CCC(N)c1cccc(Cl)c1Cl)CC1CC1. The zero-order valence-corrected chi connectivity index (χ0v) is 13.6. The van der Waals surface area contributed by atoms with Crippen LogP contribution in [0.5, 0.6) is 0 Å². The van der Waals surface area contributed by atoms with Crippen LogP contribution in [-0.4, -0.2) is 24.5 Å². The molecule has 1 atom stereocenters. The van der Waals surface area contributed by atoms with Crippen LogP contribution in [0.15, 0.2) is 18.2 Å². The molecule has 2 nitrogen and oxygen atoms in total. The second kappa shape index (κ2) is 7.65. The normalized spacial score (nSPS) is 16.6. The molecule has 20 heavy (non-hydrogen) atoms. The minimum atomic E-state index is -0.0419. The highest BCUT2D eigenvalue weighted by atomic mass is 35.5. The average Bonchev–Trinajstić information content (AvgIpc) is 3.23. The number of halogens is 2. The lowest BCUT2D eigenvalue weighted by molar-refractivity contribution is 0.253. The van der Waals surface area contributed by atoms with Crippen LogP contribution in [0.1, 0.15) is 44.2 Å². The largest absolute Gasteiger partial charge is 0.324 e. The fourth-order valence-electron chi connectivity index (χ4n) is 2.56. The Kier molecular flexibility index (Phi) is 6.16. The van der Waals surface area contributed by atoms with E-state index >= 15 is 0 Å². The molecule has 2 N–H and O–H groups in total. The smallest absolute Gasteiger partial charge is 0.0640 e. The van der Waals surface area contributed by atoms with E-state index < -0.39 is 0 Å². The van der Waals surface area contributed by atoms with Crippen LogP contribution in [0, 0.1) is 5.92 Å². The molecule has 0 aromatic heterocycles. The van der Waals surface area contributed by atoms with Gasteiger partial charge in [-0.2, -0.15) is 0 Å². The fraction of sp³-hybridized carbons (Fsp3) is 0.625. The lowest BCUT2D eigenvalue weighted by Gasteiger charge is -2.24. The maximum atomic E-state index is 6.29. The second-order valence-corrected chi connectivity index (χ2v) is 6.57. The van der Waals surface area contributed by atoms with Gasteiger partial charge in [0.05, 0.1) is 10.0 Å². The first kappa shape index (κ1) is 16.1. The van der Waals surface area contributed by atoms with Crippen molar-refractivity contribution in [1.82, 2.24) is 4.90 Å². The topological polar surface area (TPSA) is 29.3 Å². The number of hydrogen-bond acceptors (Lipinski definition) is 2. The molecule has 1 aromatic rings. The summed E-state index contributed by atoms with van der Waals surface area (Å²) >= 11 is 12.3. The first-order valence-corrected chi connectivity index (χ1v) is 8.29. The van der Waals surface area contributed by atoms with Crippen LogP contribution in [0.4, 0.5) is 0 Å². The number of benzene rings is 1. The quantitative estimate of drug-likeness (QED) is 0.765. The molecular formula is C16H24Cl2N2. The maximum absolute atomic E-state index is 6.29. The summed E-state index contributed by atoms with van der Waals surface area (Å²) in [5.74, 6) is 0.924. The molecule has 0 spiro atoms. The molecular weight excluding hydrogens is 291 g/mol. The van der Waals surface area contributed by atoms with Gasteiger partial charge in [-0.25, -0.2) is 0 Å². The molecule has 1 fully saturated rings. The first-order chi connectivity index (χ1) is 9.61. The van der Waals surface area contributed by atoms with Crippen LogP contribution < -0.4 is 5.73 Å². The van der Waals surface area contributed by atoms with Gasteiger partial charge in [-0.15, -0.1) is 0 Å². The number of rotatable bonds is 8. The van der Waals surface area contributed by atoms with E-state index in [1.54, 1.807) is 6.07 Å². The third kappa shape index (κ3) is 4.63.